The summed E-state index contributed by atoms with van der Waals surface area (Å²) < 4.78 is 1.88. The van der Waals surface area contributed by atoms with Gasteiger partial charge >= 0.3 is 11.9 Å². The van der Waals surface area contributed by atoms with E-state index in [0.29, 0.717) is 17.9 Å². The first-order valence-corrected chi connectivity index (χ1v) is 12.3. The third kappa shape index (κ3) is 6.93. The number of carbonyl (C=O) groups is 3. The van der Waals surface area contributed by atoms with Gasteiger partial charge in [0.2, 0.25) is 5.60 Å². The summed E-state index contributed by atoms with van der Waals surface area (Å²) in [4.78, 5) is 45.2. The highest BCUT2D eigenvalue weighted by Gasteiger charge is 2.32. The Balaban J connectivity index is 1.70. The van der Waals surface area contributed by atoms with E-state index in [-0.39, 0.29) is 28.8 Å². The molecule has 0 bridgehead atoms. The molecule has 6 N–H and O–H groups in total. The Morgan fingerprint density at radius 1 is 1.31 bits per heavy atom. The number of carboxylic acids is 2. The predicted octanol–water partition coefficient (Wildman–Crippen LogP) is 0.414. The number of carbonyl (C=O) groups excluding carboxylic acids is 1. The standard InChI is InChI=1S/C21H24N6O6S2/c1-21(2,19(31)32)33-26-16(13-11-35-20(22)24-13)17(28)23-8-14-25-15(18(29)30)12(10-34-14)9-27-6-4-3-5-7-27/h3-7,11,14,25H,8-10H2,1-2H3,(H4-,22,23,24,28,29,30,31,32)/p+1/b26-16-/t14-/m1/s1. The lowest BCUT2D eigenvalue weighted by Gasteiger charge is -2.26. The number of oxime groups is 1. The van der Waals surface area contributed by atoms with Crippen molar-refractivity contribution >= 4 is 51.8 Å². The number of amides is 1. The number of anilines is 1. The highest BCUT2D eigenvalue weighted by molar-refractivity contribution is 8.00. The first kappa shape index (κ1) is 26.0. The van der Waals surface area contributed by atoms with Crippen LogP contribution >= 0.6 is 23.1 Å². The zero-order valence-electron chi connectivity index (χ0n) is 18.9. The maximum absolute atomic E-state index is 12.9. The Hall–Kier alpha value is -3.65. The molecule has 1 amide bonds. The Kier molecular flexibility index (Phi) is 8.30. The summed E-state index contributed by atoms with van der Waals surface area (Å²) >= 11 is 2.53. The molecule has 3 rings (SSSR count). The topological polar surface area (TPSA) is 180 Å². The lowest BCUT2D eigenvalue weighted by molar-refractivity contribution is -0.689. The van der Waals surface area contributed by atoms with Crippen LogP contribution < -0.4 is 20.9 Å². The third-order valence-corrected chi connectivity index (χ3v) is 6.67. The molecule has 0 spiro atoms. The van der Waals surface area contributed by atoms with E-state index in [1.165, 1.54) is 31.0 Å². The SMILES string of the molecule is CC(C)(O/N=C(\C(=O)NC[C@@H]1NC(C(=O)O)=C(C[n+]2ccccc2)CS1)c1csc(N)n1)C(=O)O. The number of thioether (sulfide) groups is 1. The van der Waals surface area contributed by atoms with Crippen LogP contribution in [0.25, 0.3) is 0 Å². The monoisotopic (exact) mass is 521 g/mol. The maximum atomic E-state index is 12.9. The van der Waals surface area contributed by atoms with Crippen molar-refractivity contribution in [3.63, 3.8) is 0 Å². The van der Waals surface area contributed by atoms with Crippen LogP contribution in [0.15, 0.2) is 52.4 Å². The van der Waals surface area contributed by atoms with Gasteiger partial charge in [0.15, 0.2) is 29.8 Å². The number of hydrogen-bond acceptors (Lipinski definition) is 10. The summed E-state index contributed by atoms with van der Waals surface area (Å²) in [5.41, 5.74) is 4.67. The van der Waals surface area contributed by atoms with E-state index in [2.05, 4.69) is 20.8 Å². The van der Waals surface area contributed by atoms with E-state index >= 15 is 0 Å². The van der Waals surface area contributed by atoms with Crippen LogP contribution in [0.4, 0.5) is 5.13 Å². The Bertz CT molecular complexity index is 1160. The number of nitrogen functional groups attached to an aromatic ring is 1. The first-order chi connectivity index (χ1) is 16.6. The zero-order chi connectivity index (χ0) is 25.6. The van der Waals surface area contributed by atoms with E-state index < -0.39 is 28.8 Å². The van der Waals surface area contributed by atoms with Crippen molar-refractivity contribution in [3.05, 3.63) is 52.9 Å². The molecule has 2 aromatic heterocycles. The second-order valence-electron chi connectivity index (χ2n) is 7.90. The molecular weight excluding hydrogens is 496 g/mol. The van der Waals surface area contributed by atoms with Gasteiger partial charge in [0, 0.05) is 35.4 Å². The van der Waals surface area contributed by atoms with Crippen LogP contribution in [0, 0.1) is 0 Å². The van der Waals surface area contributed by atoms with Crippen LogP contribution in [-0.2, 0) is 25.8 Å². The maximum Gasteiger partial charge on any atom is 0.352 e. The smallest absolute Gasteiger partial charge is 0.352 e. The number of rotatable bonds is 10. The Morgan fingerprint density at radius 2 is 2.03 bits per heavy atom. The molecule has 0 radical (unpaired) electrons. The molecule has 0 saturated carbocycles. The number of carboxylic acid groups (broad SMARTS) is 2. The van der Waals surface area contributed by atoms with Crippen LogP contribution in [0.2, 0.25) is 0 Å². The molecule has 14 heteroatoms. The molecule has 3 heterocycles. The predicted molar refractivity (Wildman–Crippen MR) is 130 cm³/mol. The van der Waals surface area contributed by atoms with Crippen LogP contribution in [-0.4, -0.2) is 62.0 Å². The van der Waals surface area contributed by atoms with Crippen molar-refractivity contribution in [2.45, 2.75) is 31.4 Å². The van der Waals surface area contributed by atoms with Crippen molar-refractivity contribution in [2.75, 3.05) is 18.0 Å². The molecule has 35 heavy (non-hydrogen) atoms. The van der Waals surface area contributed by atoms with Gasteiger partial charge in [-0.05, 0) is 13.8 Å². The fourth-order valence-electron chi connectivity index (χ4n) is 2.85. The molecule has 12 nitrogen and oxygen atoms in total. The molecular formula is C21H25N6O6S2+. The number of nitrogens with one attached hydrogen (secondary N) is 2. The van der Waals surface area contributed by atoms with Crippen LogP contribution in [0.1, 0.15) is 19.5 Å². The molecule has 0 aliphatic carbocycles. The Labute approximate surface area is 208 Å². The van der Waals surface area contributed by atoms with Gasteiger partial charge < -0.3 is 31.4 Å². The van der Waals surface area contributed by atoms with Gasteiger partial charge in [-0.15, -0.1) is 23.1 Å². The minimum atomic E-state index is -1.68. The Morgan fingerprint density at radius 3 is 2.63 bits per heavy atom. The van der Waals surface area contributed by atoms with Crippen LogP contribution in [0.3, 0.4) is 0 Å². The number of thiazole rings is 1. The number of nitrogens with two attached hydrogens (primary N) is 1. The van der Waals surface area contributed by atoms with E-state index in [4.69, 9.17) is 10.6 Å². The molecule has 1 atom stereocenters. The highest BCUT2D eigenvalue weighted by Crippen LogP contribution is 2.23. The van der Waals surface area contributed by atoms with Crippen molar-refractivity contribution in [1.29, 1.82) is 0 Å². The number of aliphatic carboxylic acids is 2. The van der Waals surface area contributed by atoms with E-state index in [1.54, 1.807) is 0 Å². The second-order valence-corrected chi connectivity index (χ2v) is 9.98. The third-order valence-electron chi connectivity index (χ3n) is 4.79. The fraction of sp³-hybridized carbons (Fsp3) is 0.333. The van der Waals surface area contributed by atoms with Crippen molar-refractivity contribution in [1.82, 2.24) is 15.6 Å². The molecule has 186 valence electrons. The second kappa shape index (κ2) is 11.2. The summed E-state index contributed by atoms with van der Waals surface area (Å²) in [6.07, 6.45) is 3.70. The van der Waals surface area contributed by atoms with Gasteiger partial charge in [-0.1, -0.05) is 11.2 Å². The number of nitrogens with zero attached hydrogens (tertiary/aromatic N) is 3. The highest BCUT2D eigenvalue weighted by atomic mass is 32.2. The van der Waals surface area contributed by atoms with E-state index in [9.17, 15) is 24.6 Å². The fourth-order valence-corrected chi connectivity index (χ4v) is 4.44. The number of pyridine rings is 1. The minimum Gasteiger partial charge on any atom is -0.478 e. The number of aromatic nitrogens is 2. The van der Waals surface area contributed by atoms with Gasteiger partial charge in [-0.2, -0.15) is 0 Å². The molecule has 2 aromatic rings. The quantitative estimate of drug-likeness (QED) is 0.167. The van der Waals surface area contributed by atoms with Crippen molar-refractivity contribution in [3.8, 4) is 0 Å². The summed E-state index contributed by atoms with van der Waals surface area (Å²) in [7, 11) is 0. The van der Waals surface area contributed by atoms with Gasteiger partial charge in [-0.25, -0.2) is 19.1 Å². The van der Waals surface area contributed by atoms with Crippen molar-refractivity contribution in [2.24, 2.45) is 5.16 Å². The van der Waals surface area contributed by atoms with E-state index in [1.807, 2.05) is 35.2 Å². The summed E-state index contributed by atoms with van der Waals surface area (Å²) in [6, 6.07) is 5.60. The summed E-state index contributed by atoms with van der Waals surface area (Å²) in [5.74, 6) is -2.57. The molecule has 0 unspecified atom stereocenters. The average Bonchev–Trinajstić information content (AvgIpc) is 3.24. The van der Waals surface area contributed by atoms with Gasteiger partial charge in [0.05, 0.1) is 5.37 Å². The average molecular weight is 522 g/mol. The molecule has 1 aliphatic rings. The first-order valence-electron chi connectivity index (χ1n) is 10.3. The molecule has 0 fully saturated rings. The summed E-state index contributed by atoms with van der Waals surface area (Å²) in [5, 5.41) is 29.6. The lowest BCUT2D eigenvalue weighted by Crippen LogP contribution is -2.46. The van der Waals surface area contributed by atoms with Gasteiger partial charge in [-0.3, -0.25) is 4.79 Å². The number of hydrogen-bond donors (Lipinski definition) is 5. The zero-order valence-corrected chi connectivity index (χ0v) is 20.6. The lowest BCUT2D eigenvalue weighted by atomic mass is 10.1. The van der Waals surface area contributed by atoms with Crippen LogP contribution in [0.5, 0.6) is 0 Å². The summed E-state index contributed by atoms with van der Waals surface area (Å²) in [6.45, 7) is 3.06. The molecule has 0 saturated heterocycles. The van der Waals surface area contributed by atoms with Gasteiger partial charge in [0.25, 0.3) is 5.91 Å². The largest absolute Gasteiger partial charge is 0.478 e. The van der Waals surface area contributed by atoms with Crippen molar-refractivity contribution < 1.29 is 34.0 Å². The molecule has 1 aliphatic heterocycles. The van der Waals surface area contributed by atoms with E-state index in [0.717, 1.165) is 11.3 Å². The minimum absolute atomic E-state index is 0.0625. The normalized spacial score (nSPS) is 16.4. The van der Waals surface area contributed by atoms with Gasteiger partial charge in [0.1, 0.15) is 11.4 Å². The molecule has 0 aromatic carbocycles.